The van der Waals surface area contributed by atoms with Crippen LogP contribution in [-0.4, -0.2) is 52.0 Å². The number of anilines is 1. The zero-order chi connectivity index (χ0) is 21.3. The Labute approximate surface area is 201 Å². The number of benzene rings is 2. The van der Waals surface area contributed by atoms with Gasteiger partial charge in [0.25, 0.3) is 0 Å². The average Bonchev–Trinajstić information content (AvgIpc) is 2.74. The van der Waals surface area contributed by atoms with E-state index in [-0.39, 0.29) is 35.9 Å². The molecule has 170 valence electrons. The van der Waals surface area contributed by atoms with Gasteiger partial charge in [-0.2, -0.15) is 0 Å². The summed E-state index contributed by atoms with van der Waals surface area (Å²) >= 11 is 0. The minimum Gasteiger partial charge on any atom is -0.489 e. The highest BCUT2D eigenvalue weighted by Gasteiger charge is 2.15. The molecule has 2 aromatic carbocycles. The molecule has 1 aliphatic rings. The van der Waals surface area contributed by atoms with Gasteiger partial charge in [-0.25, -0.2) is 4.39 Å². The van der Waals surface area contributed by atoms with Gasteiger partial charge in [-0.15, -0.1) is 24.0 Å². The maximum Gasteiger partial charge on any atom is 0.191 e. The van der Waals surface area contributed by atoms with Gasteiger partial charge < -0.3 is 25.0 Å². The molecule has 0 saturated carbocycles. The van der Waals surface area contributed by atoms with Gasteiger partial charge in [0, 0.05) is 26.7 Å². The summed E-state index contributed by atoms with van der Waals surface area (Å²) < 4.78 is 25.8. The molecule has 1 atom stereocenters. The second-order valence-electron chi connectivity index (χ2n) is 7.44. The lowest BCUT2D eigenvalue weighted by Crippen LogP contribution is -2.41. The molecule has 2 aromatic rings. The molecule has 0 radical (unpaired) electrons. The highest BCUT2D eigenvalue weighted by molar-refractivity contribution is 14.0. The van der Waals surface area contributed by atoms with Crippen LogP contribution in [0.1, 0.15) is 18.1 Å². The summed E-state index contributed by atoms with van der Waals surface area (Å²) in [5, 5.41) is 6.47. The van der Waals surface area contributed by atoms with E-state index >= 15 is 0 Å². The third kappa shape index (κ3) is 7.84. The fourth-order valence-corrected chi connectivity index (χ4v) is 3.33. The Morgan fingerprint density at radius 3 is 2.65 bits per heavy atom. The molecule has 1 saturated heterocycles. The van der Waals surface area contributed by atoms with Crippen LogP contribution in [0.3, 0.4) is 0 Å². The molecule has 8 heteroatoms. The summed E-state index contributed by atoms with van der Waals surface area (Å²) in [4.78, 5) is 6.25. The summed E-state index contributed by atoms with van der Waals surface area (Å²) in [7, 11) is 1.71. The summed E-state index contributed by atoms with van der Waals surface area (Å²) in [5.41, 5.74) is 2.65. The van der Waals surface area contributed by atoms with Crippen molar-refractivity contribution in [3.8, 4) is 5.75 Å². The van der Waals surface area contributed by atoms with E-state index in [1.165, 1.54) is 0 Å². The quantitative estimate of drug-likeness (QED) is 0.318. The Morgan fingerprint density at radius 2 is 1.97 bits per heavy atom. The molecule has 0 bridgehead atoms. The normalized spacial score (nSPS) is 15.1. The second-order valence-corrected chi connectivity index (χ2v) is 7.44. The molecule has 31 heavy (non-hydrogen) atoms. The van der Waals surface area contributed by atoms with Crippen molar-refractivity contribution in [3.05, 3.63) is 59.4 Å². The zero-order valence-electron chi connectivity index (χ0n) is 18.4. The number of guanidine groups is 1. The van der Waals surface area contributed by atoms with Crippen LogP contribution < -0.4 is 20.3 Å². The topological polar surface area (TPSA) is 58.1 Å². The Balaban J connectivity index is 0.00000341. The lowest BCUT2D eigenvalue weighted by molar-refractivity contribution is 0.122. The van der Waals surface area contributed by atoms with Crippen molar-refractivity contribution in [3.63, 3.8) is 0 Å². The molecule has 1 heterocycles. The lowest BCUT2D eigenvalue weighted by atomic mass is 10.1. The van der Waals surface area contributed by atoms with Crippen molar-refractivity contribution in [2.45, 2.75) is 26.5 Å². The van der Waals surface area contributed by atoms with Crippen LogP contribution in [0.4, 0.5) is 10.1 Å². The van der Waals surface area contributed by atoms with Crippen molar-refractivity contribution < 1.29 is 13.9 Å². The second kappa shape index (κ2) is 12.7. The van der Waals surface area contributed by atoms with E-state index in [4.69, 9.17) is 9.47 Å². The number of ether oxygens (including phenoxy) is 2. The van der Waals surface area contributed by atoms with Gasteiger partial charge >= 0.3 is 0 Å². The Hall–Kier alpha value is -2.07. The number of aryl methyl sites for hydroxylation is 1. The van der Waals surface area contributed by atoms with E-state index in [1.54, 1.807) is 13.1 Å². The number of morpholine rings is 1. The van der Waals surface area contributed by atoms with Gasteiger partial charge in [-0.1, -0.05) is 18.2 Å². The minimum absolute atomic E-state index is 0. The van der Waals surface area contributed by atoms with E-state index < -0.39 is 0 Å². The maximum atomic E-state index is 14.6. The molecule has 1 fully saturated rings. The Morgan fingerprint density at radius 1 is 1.19 bits per heavy atom. The molecule has 6 nitrogen and oxygen atoms in total. The highest BCUT2D eigenvalue weighted by Crippen LogP contribution is 2.21. The molecule has 1 aliphatic heterocycles. The number of nitrogens with zero attached hydrogens (tertiary/aromatic N) is 2. The van der Waals surface area contributed by atoms with Crippen molar-refractivity contribution in [2.24, 2.45) is 4.99 Å². The SMILES string of the molecule is CN=C(NCc1ccc(N2CCOCC2)c(F)c1)NCC(C)Oc1cccc(C)c1.I. The minimum atomic E-state index is -0.209. The zero-order valence-corrected chi connectivity index (χ0v) is 20.7. The predicted molar refractivity (Wildman–Crippen MR) is 134 cm³/mol. The molecule has 0 spiro atoms. The van der Waals surface area contributed by atoms with Crippen LogP contribution >= 0.6 is 24.0 Å². The number of hydrogen-bond acceptors (Lipinski definition) is 4. The monoisotopic (exact) mass is 542 g/mol. The first-order valence-corrected chi connectivity index (χ1v) is 10.3. The Bertz CT molecular complexity index is 859. The maximum absolute atomic E-state index is 14.6. The number of aliphatic imine (C=N–C) groups is 1. The summed E-state index contributed by atoms with van der Waals surface area (Å²) in [6.45, 7) is 7.82. The molecular weight excluding hydrogens is 510 g/mol. The first-order chi connectivity index (χ1) is 14.5. The third-order valence-corrected chi connectivity index (χ3v) is 4.93. The van der Waals surface area contributed by atoms with Crippen molar-refractivity contribution in [1.82, 2.24) is 10.6 Å². The van der Waals surface area contributed by atoms with E-state index in [9.17, 15) is 4.39 Å². The smallest absolute Gasteiger partial charge is 0.191 e. The van der Waals surface area contributed by atoms with Gasteiger partial charge in [0.2, 0.25) is 0 Å². The van der Waals surface area contributed by atoms with Crippen LogP contribution in [0.25, 0.3) is 0 Å². The summed E-state index contributed by atoms with van der Waals surface area (Å²) in [6.07, 6.45) is -0.0319. The van der Waals surface area contributed by atoms with E-state index in [0.717, 1.165) is 16.9 Å². The molecule has 0 amide bonds. The van der Waals surface area contributed by atoms with E-state index in [2.05, 4.69) is 15.6 Å². The molecule has 1 unspecified atom stereocenters. The van der Waals surface area contributed by atoms with Crippen molar-refractivity contribution >= 4 is 35.6 Å². The number of rotatable bonds is 7. The highest BCUT2D eigenvalue weighted by atomic mass is 127. The predicted octanol–water partition coefficient (Wildman–Crippen LogP) is 3.72. The van der Waals surface area contributed by atoms with Gasteiger partial charge in [0.15, 0.2) is 5.96 Å². The van der Waals surface area contributed by atoms with Gasteiger partial charge in [0.1, 0.15) is 17.7 Å². The molecular formula is C23H32FIN4O2. The van der Waals surface area contributed by atoms with E-state index in [0.29, 0.717) is 51.0 Å². The van der Waals surface area contributed by atoms with Crippen molar-refractivity contribution in [2.75, 3.05) is 44.8 Å². The van der Waals surface area contributed by atoms with Crippen LogP contribution in [0.15, 0.2) is 47.5 Å². The molecule has 3 rings (SSSR count). The average molecular weight is 542 g/mol. The third-order valence-electron chi connectivity index (χ3n) is 4.93. The van der Waals surface area contributed by atoms with Crippen LogP contribution in [0.2, 0.25) is 0 Å². The van der Waals surface area contributed by atoms with Crippen molar-refractivity contribution in [1.29, 1.82) is 0 Å². The van der Waals surface area contributed by atoms with E-state index in [1.807, 2.05) is 55.1 Å². The lowest BCUT2D eigenvalue weighted by Gasteiger charge is -2.29. The number of hydrogen-bond donors (Lipinski definition) is 2. The first kappa shape index (κ1) is 25.2. The van der Waals surface area contributed by atoms with Crippen LogP contribution in [0, 0.1) is 12.7 Å². The van der Waals surface area contributed by atoms with Gasteiger partial charge in [-0.05, 0) is 49.2 Å². The number of halogens is 2. The standard InChI is InChI=1S/C23H31FN4O2.HI/c1-17-5-4-6-20(13-17)30-18(2)15-26-23(25-3)27-16-19-7-8-22(21(24)14-19)28-9-11-29-12-10-28;/h4-8,13-14,18H,9-12,15-16H2,1-3H3,(H2,25,26,27);1H. The number of nitrogens with one attached hydrogen (secondary N) is 2. The molecule has 0 aliphatic carbocycles. The van der Waals surface area contributed by atoms with Crippen LogP contribution in [-0.2, 0) is 11.3 Å². The first-order valence-electron chi connectivity index (χ1n) is 10.3. The molecule has 2 N–H and O–H groups in total. The largest absolute Gasteiger partial charge is 0.489 e. The molecule has 0 aromatic heterocycles. The summed E-state index contributed by atoms with van der Waals surface area (Å²) in [5.74, 6) is 1.29. The van der Waals surface area contributed by atoms with Crippen LogP contribution in [0.5, 0.6) is 5.75 Å². The van der Waals surface area contributed by atoms with Gasteiger partial charge in [-0.3, -0.25) is 4.99 Å². The fourth-order valence-electron chi connectivity index (χ4n) is 3.33. The fraction of sp³-hybridized carbons (Fsp3) is 0.435. The van der Waals surface area contributed by atoms with Gasteiger partial charge in [0.05, 0.1) is 25.4 Å². The Kier molecular flexibility index (Phi) is 10.3. The summed E-state index contributed by atoms with van der Waals surface area (Å²) in [6, 6.07) is 13.3.